The zero-order valence-electron chi connectivity index (χ0n) is 16.6. The molecule has 1 fully saturated rings. The molecule has 1 aliphatic heterocycles. The molecule has 3 rings (SSSR count). The van der Waals surface area contributed by atoms with Crippen LogP contribution in [0.5, 0.6) is 11.5 Å². The van der Waals surface area contributed by atoms with E-state index in [1.165, 1.54) is 6.21 Å². The molecule has 0 atom stereocenters. The molecule has 0 unspecified atom stereocenters. The molecule has 1 amide bonds. The molecule has 30 heavy (non-hydrogen) atoms. The number of benzene rings is 2. The van der Waals surface area contributed by atoms with Crippen molar-refractivity contribution in [3.8, 4) is 11.5 Å². The van der Waals surface area contributed by atoms with Gasteiger partial charge in [0.15, 0.2) is 11.5 Å². The van der Waals surface area contributed by atoms with Gasteiger partial charge in [-0.1, -0.05) is 35.3 Å². The van der Waals surface area contributed by atoms with E-state index >= 15 is 0 Å². The Hall–Kier alpha value is -1.54. The van der Waals surface area contributed by atoms with Crippen LogP contribution in [0.4, 0.5) is 0 Å². The first kappa shape index (κ1) is 23.1. The largest absolute Gasteiger partial charge is 0.493 e. The molecule has 1 heterocycles. The van der Waals surface area contributed by atoms with Gasteiger partial charge in [-0.3, -0.25) is 4.79 Å². The van der Waals surface area contributed by atoms with Crippen molar-refractivity contribution < 1.29 is 14.3 Å². The lowest BCUT2D eigenvalue weighted by molar-refractivity contribution is -0.121. The fourth-order valence-corrected chi connectivity index (χ4v) is 6.09. The molecule has 1 saturated heterocycles. The van der Waals surface area contributed by atoms with Gasteiger partial charge in [0.1, 0.15) is 6.61 Å². The number of methoxy groups -OCH3 is 1. The normalized spacial score (nSPS) is 15.3. The highest BCUT2D eigenvalue weighted by atomic mass is 35.5. The minimum atomic E-state index is -0.114. The minimum absolute atomic E-state index is 0.0742. The van der Waals surface area contributed by atoms with Gasteiger partial charge in [0, 0.05) is 16.5 Å². The van der Waals surface area contributed by atoms with Crippen molar-refractivity contribution in [1.82, 2.24) is 5.43 Å². The van der Waals surface area contributed by atoms with E-state index in [2.05, 4.69) is 17.5 Å². The Morgan fingerprint density at radius 1 is 1.23 bits per heavy atom. The molecule has 9 heteroatoms. The van der Waals surface area contributed by atoms with Gasteiger partial charge in [-0.25, -0.2) is 5.43 Å². The Balaban J connectivity index is 1.61. The van der Waals surface area contributed by atoms with Crippen LogP contribution in [0, 0.1) is 0 Å². The molecule has 0 saturated carbocycles. The fraction of sp³-hybridized carbons (Fsp3) is 0.333. The van der Waals surface area contributed by atoms with Crippen molar-refractivity contribution in [1.29, 1.82) is 0 Å². The molecule has 2 aromatic carbocycles. The second-order valence-corrected chi connectivity index (χ2v) is 11.0. The zero-order chi connectivity index (χ0) is 21.6. The third-order valence-corrected chi connectivity index (χ3v) is 8.16. The molecular formula is C21H22Cl2N2O3S2. The molecule has 2 aromatic rings. The van der Waals surface area contributed by atoms with E-state index in [0.29, 0.717) is 40.1 Å². The van der Waals surface area contributed by atoms with Crippen LogP contribution < -0.4 is 14.9 Å². The fourth-order valence-electron chi connectivity index (χ4n) is 2.86. The number of hydrazone groups is 1. The third kappa shape index (κ3) is 6.48. The van der Waals surface area contributed by atoms with E-state index in [9.17, 15) is 4.79 Å². The average Bonchev–Trinajstić information content (AvgIpc) is 3.13. The predicted octanol–water partition coefficient (Wildman–Crippen LogP) is 5.62. The molecule has 0 aliphatic carbocycles. The van der Waals surface area contributed by atoms with E-state index < -0.39 is 0 Å². The topological polar surface area (TPSA) is 59.9 Å². The Morgan fingerprint density at radius 2 is 1.93 bits per heavy atom. The summed E-state index contributed by atoms with van der Waals surface area (Å²) >= 11 is 15.9. The molecular weight excluding hydrogens is 463 g/mol. The molecule has 0 aromatic heterocycles. The second kappa shape index (κ2) is 10.7. The van der Waals surface area contributed by atoms with E-state index in [1.807, 2.05) is 35.7 Å². The summed E-state index contributed by atoms with van der Waals surface area (Å²) in [7, 11) is 1.54. The molecule has 5 nitrogen and oxygen atoms in total. The van der Waals surface area contributed by atoms with Gasteiger partial charge in [-0.05, 0) is 42.3 Å². The van der Waals surface area contributed by atoms with Crippen molar-refractivity contribution >= 4 is 58.8 Å². The summed E-state index contributed by atoms with van der Waals surface area (Å²) in [5.74, 6) is 2.95. The maximum atomic E-state index is 12.1. The number of halogens is 2. The summed E-state index contributed by atoms with van der Waals surface area (Å²) in [6, 6.07) is 10.8. The summed E-state index contributed by atoms with van der Waals surface area (Å²) in [6.07, 6.45) is 1.95. The van der Waals surface area contributed by atoms with Gasteiger partial charge in [-0.2, -0.15) is 5.10 Å². The maximum Gasteiger partial charge on any atom is 0.242 e. The first-order chi connectivity index (χ1) is 14.4. The van der Waals surface area contributed by atoms with Crippen LogP contribution in [-0.2, 0) is 11.4 Å². The van der Waals surface area contributed by atoms with Crippen molar-refractivity contribution in [2.75, 3.05) is 18.6 Å². The van der Waals surface area contributed by atoms with Crippen LogP contribution in [0.3, 0.4) is 0 Å². The minimum Gasteiger partial charge on any atom is -0.493 e. The Kier molecular flexibility index (Phi) is 8.22. The highest BCUT2D eigenvalue weighted by Crippen LogP contribution is 2.45. The highest BCUT2D eigenvalue weighted by Gasteiger charge is 2.32. The van der Waals surface area contributed by atoms with Crippen molar-refractivity contribution in [3.63, 3.8) is 0 Å². The van der Waals surface area contributed by atoms with Crippen LogP contribution in [-0.4, -0.2) is 34.8 Å². The molecule has 1 aliphatic rings. The van der Waals surface area contributed by atoms with Crippen LogP contribution in [0.15, 0.2) is 41.5 Å². The standard InChI is InChI=1S/C21H22Cl2N2O3S2/c1-21(29-7-8-30-21)11-19(26)25-24-12-15-9-17(23)20(18(10-15)27-2)28-13-14-3-5-16(22)6-4-14/h3-6,9-10,12H,7-8,11,13H2,1-2H3,(H,25,26). The van der Waals surface area contributed by atoms with Crippen molar-refractivity contribution in [3.05, 3.63) is 57.6 Å². The number of amides is 1. The molecule has 160 valence electrons. The quantitative estimate of drug-likeness (QED) is 0.389. The molecule has 0 spiro atoms. The van der Waals surface area contributed by atoms with Gasteiger partial charge in [-0.15, -0.1) is 23.5 Å². The summed E-state index contributed by atoms with van der Waals surface area (Å²) in [6.45, 7) is 2.41. The Bertz CT molecular complexity index is 917. The van der Waals surface area contributed by atoms with E-state index in [0.717, 1.165) is 17.1 Å². The average molecular weight is 485 g/mol. The Morgan fingerprint density at radius 3 is 2.60 bits per heavy atom. The van der Waals surface area contributed by atoms with Crippen LogP contribution in [0.2, 0.25) is 10.0 Å². The van der Waals surface area contributed by atoms with Crippen molar-refractivity contribution in [2.45, 2.75) is 24.0 Å². The molecule has 0 radical (unpaired) electrons. The van der Waals surface area contributed by atoms with E-state index in [4.69, 9.17) is 32.7 Å². The number of rotatable bonds is 8. The molecule has 0 bridgehead atoms. The lowest BCUT2D eigenvalue weighted by Crippen LogP contribution is -2.26. The lowest BCUT2D eigenvalue weighted by Gasteiger charge is -2.19. The second-order valence-electron chi connectivity index (χ2n) is 6.75. The maximum absolute atomic E-state index is 12.1. The third-order valence-electron chi connectivity index (χ3n) is 4.33. The highest BCUT2D eigenvalue weighted by molar-refractivity contribution is 8.21. The summed E-state index contributed by atoms with van der Waals surface area (Å²) < 4.78 is 11.2. The van der Waals surface area contributed by atoms with E-state index in [1.54, 1.807) is 31.4 Å². The van der Waals surface area contributed by atoms with Crippen LogP contribution in [0.1, 0.15) is 24.5 Å². The van der Waals surface area contributed by atoms with E-state index in [-0.39, 0.29) is 9.99 Å². The van der Waals surface area contributed by atoms with Gasteiger partial charge >= 0.3 is 0 Å². The Labute approximate surface area is 194 Å². The van der Waals surface area contributed by atoms with Crippen LogP contribution in [0.25, 0.3) is 0 Å². The lowest BCUT2D eigenvalue weighted by atomic mass is 10.2. The van der Waals surface area contributed by atoms with Gasteiger partial charge in [0.05, 0.1) is 28.8 Å². The summed E-state index contributed by atoms with van der Waals surface area (Å²) in [5, 5.41) is 5.11. The van der Waals surface area contributed by atoms with Crippen LogP contribution >= 0.6 is 46.7 Å². The van der Waals surface area contributed by atoms with Gasteiger partial charge < -0.3 is 9.47 Å². The smallest absolute Gasteiger partial charge is 0.242 e. The number of nitrogens with one attached hydrogen (secondary N) is 1. The first-order valence-corrected chi connectivity index (χ1v) is 12.0. The zero-order valence-corrected chi connectivity index (χ0v) is 19.8. The predicted molar refractivity (Wildman–Crippen MR) is 127 cm³/mol. The number of hydrogen-bond acceptors (Lipinski definition) is 6. The summed E-state index contributed by atoms with van der Waals surface area (Å²) in [5.41, 5.74) is 4.23. The molecule has 1 N–H and O–H groups in total. The number of carbonyl (C=O) groups excluding carboxylic acids is 1. The SMILES string of the molecule is COc1cc(C=NNC(=O)CC2(C)SCCS2)cc(Cl)c1OCc1ccc(Cl)cc1. The number of ether oxygens (including phenoxy) is 2. The van der Waals surface area contributed by atoms with Gasteiger partial charge in [0.2, 0.25) is 5.91 Å². The number of hydrogen-bond donors (Lipinski definition) is 1. The van der Waals surface area contributed by atoms with Crippen molar-refractivity contribution in [2.24, 2.45) is 5.10 Å². The van der Waals surface area contributed by atoms with Gasteiger partial charge in [0.25, 0.3) is 0 Å². The first-order valence-electron chi connectivity index (χ1n) is 9.23. The monoisotopic (exact) mass is 484 g/mol. The number of carbonyl (C=O) groups is 1. The summed E-state index contributed by atoms with van der Waals surface area (Å²) in [4.78, 5) is 12.1. The number of nitrogens with zero attached hydrogens (tertiary/aromatic N) is 1. The number of thioether (sulfide) groups is 2.